The zero-order chi connectivity index (χ0) is 18.6. The van der Waals surface area contributed by atoms with Gasteiger partial charge in [-0.1, -0.05) is 41.9 Å². The lowest BCUT2D eigenvalue weighted by Gasteiger charge is -2.15. The molecule has 1 aliphatic rings. The normalized spacial score (nSPS) is 13.8. The van der Waals surface area contributed by atoms with E-state index in [0.717, 1.165) is 18.4 Å². The first kappa shape index (κ1) is 17.8. The summed E-state index contributed by atoms with van der Waals surface area (Å²) in [6.07, 6.45) is 6.74. The molecule has 27 heavy (non-hydrogen) atoms. The Labute approximate surface area is 163 Å². The first-order chi connectivity index (χ1) is 13.2. The Morgan fingerprint density at radius 3 is 2.74 bits per heavy atom. The van der Waals surface area contributed by atoms with Crippen molar-refractivity contribution in [2.45, 2.75) is 38.6 Å². The molecule has 0 spiro atoms. The highest BCUT2D eigenvalue weighted by Gasteiger charge is 2.19. The van der Waals surface area contributed by atoms with Crippen LogP contribution in [0, 0.1) is 0 Å². The first-order valence-corrected chi connectivity index (χ1v) is 9.76. The van der Waals surface area contributed by atoms with E-state index in [2.05, 4.69) is 39.4 Å². The molecule has 0 saturated carbocycles. The van der Waals surface area contributed by atoms with Gasteiger partial charge in [-0.2, -0.15) is 5.10 Å². The average Bonchev–Trinajstić information content (AvgIpc) is 3.02. The van der Waals surface area contributed by atoms with Crippen LogP contribution < -0.4 is 5.43 Å². The van der Waals surface area contributed by atoms with Crippen molar-refractivity contribution in [1.82, 2.24) is 9.99 Å². The van der Waals surface area contributed by atoms with Crippen LogP contribution in [0.25, 0.3) is 10.9 Å². The second-order valence-electron chi connectivity index (χ2n) is 6.90. The van der Waals surface area contributed by atoms with Crippen molar-refractivity contribution < 1.29 is 4.79 Å². The van der Waals surface area contributed by atoms with Crippen molar-refractivity contribution in [3.8, 4) is 0 Å². The summed E-state index contributed by atoms with van der Waals surface area (Å²) < 4.78 is 2.33. The lowest BCUT2D eigenvalue weighted by molar-refractivity contribution is -0.121. The number of nitrogens with zero attached hydrogens (tertiary/aromatic N) is 2. The third-order valence-corrected chi connectivity index (χ3v) is 5.37. The number of benzene rings is 2. The van der Waals surface area contributed by atoms with Crippen LogP contribution in [0.4, 0.5) is 0 Å². The molecule has 0 aliphatic heterocycles. The van der Waals surface area contributed by atoms with E-state index in [1.165, 1.54) is 35.0 Å². The number of para-hydroxylation sites is 1. The van der Waals surface area contributed by atoms with Crippen molar-refractivity contribution in [3.63, 3.8) is 0 Å². The molecule has 3 aromatic rings. The van der Waals surface area contributed by atoms with E-state index in [-0.39, 0.29) is 5.91 Å². The molecule has 1 heterocycles. The third kappa shape index (κ3) is 3.91. The van der Waals surface area contributed by atoms with Crippen molar-refractivity contribution in [3.05, 3.63) is 70.4 Å². The molecule has 0 fully saturated rings. The van der Waals surface area contributed by atoms with Crippen LogP contribution in [-0.2, 0) is 24.2 Å². The number of halogens is 1. The van der Waals surface area contributed by atoms with Crippen LogP contribution in [0.3, 0.4) is 0 Å². The first-order valence-electron chi connectivity index (χ1n) is 9.39. The molecular formula is C22H22ClN3O. The minimum atomic E-state index is -0.0810. The lowest BCUT2D eigenvalue weighted by Crippen LogP contribution is -2.20. The van der Waals surface area contributed by atoms with E-state index in [1.807, 2.05) is 12.1 Å². The molecular weight excluding hydrogens is 358 g/mol. The number of hydrogen-bond acceptors (Lipinski definition) is 2. The van der Waals surface area contributed by atoms with Crippen LogP contribution in [0.1, 0.15) is 36.1 Å². The predicted molar refractivity (Wildman–Crippen MR) is 110 cm³/mol. The molecule has 1 aromatic heterocycles. The monoisotopic (exact) mass is 379 g/mol. The van der Waals surface area contributed by atoms with Gasteiger partial charge in [0.1, 0.15) is 0 Å². The van der Waals surface area contributed by atoms with Gasteiger partial charge in [0.15, 0.2) is 0 Å². The van der Waals surface area contributed by atoms with Gasteiger partial charge in [-0.05, 0) is 55.0 Å². The number of rotatable bonds is 5. The number of hydrogen-bond donors (Lipinski definition) is 1. The highest BCUT2D eigenvalue weighted by molar-refractivity contribution is 6.30. The number of carbonyl (C=O) groups is 1. The number of amides is 1. The zero-order valence-electron chi connectivity index (χ0n) is 15.1. The number of aromatic nitrogens is 1. The van der Waals surface area contributed by atoms with Crippen LogP contribution in [-0.4, -0.2) is 16.7 Å². The van der Waals surface area contributed by atoms with E-state index in [9.17, 15) is 4.79 Å². The second kappa shape index (κ2) is 7.97. The summed E-state index contributed by atoms with van der Waals surface area (Å²) in [5.41, 5.74) is 7.63. The molecule has 2 aromatic carbocycles. The molecule has 0 bridgehead atoms. The largest absolute Gasteiger partial charge is 0.344 e. The molecule has 0 unspecified atom stereocenters. The summed E-state index contributed by atoms with van der Waals surface area (Å²) in [5.74, 6) is -0.0810. The van der Waals surface area contributed by atoms with E-state index < -0.39 is 0 Å². The molecule has 0 saturated heterocycles. The Balaban J connectivity index is 1.43. The van der Waals surface area contributed by atoms with Gasteiger partial charge in [0, 0.05) is 34.6 Å². The van der Waals surface area contributed by atoms with Crippen molar-refractivity contribution in [1.29, 1.82) is 0 Å². The Morgan fingerprint density at radius 1 is 1.11 bits per heavy atom. The second-order valence-corrected chi connectivity index (χ2v) is 7.33. The summed E-state index contributed by atoms with van der Waals surface area (Å²) in [5, 5.41) is 6.06. The topological polar surface area (TPSA) is 46.4 Å². The van der Waals surface area contributed by atoms with E-state index in [0.29, 0.717) is 18.0 Å². The SMILES string of the molecule is O=C(CCn1c2c(c3ccccc31)CCCC2)N/N=C\c1ccc(Cl)cc1. The van der Waals surface area contributed by atoms with Gasteiger partial charge in [0.25, 0.3) is 0 Å². The quantitative estimate of drug-likeness (QED) is 0.506. The third-order valence-electron chi connectivity index (χ3n) is 5.12. The fraction of sp³-hybridized carbons (Fsp3) is 0.273. The lowest BCUT2D eigenvalue weighted by atomic mass is 9.95. The van der Waals surface area contributed by atoms with Crippen molar-refractivity contribution in [2.75, 3.05) is 0 Å². The van der Waals surface area contributed by atoms with Gasteiger partial charge >= 0.3 is 0 Å². The number of carbonyl (C=O) groups excluding carboxylic acids is 1. The summed E-state index contributed by atoms with van der Waals surface area (Å²) in [6, 6.07) is 15.8. The summed E-state index contributed by atoms with van der Waals surface area (Å²) in [7, 11) is 0. The van der Waals surface area contributed by atoms with Crippen molar-refractivity contribution in [2.24, 2.45) is 5.10 Å². The highest BCUT2D eigenvalue weighted by atomic mass is 35.5. The van der Waals surface area contributed by atoms with E-state index in [4.69, 9.17) is 11.6 Å². The molecule has 1 aliphatic carbocycles. The molecule has 4 nitrogen and oxygen atoms in total. The zero-order valence-corrected chi connectivity index (χ0v) is 15.9. The van der Waals surface area contributed by atoms with Crippen LogP contribution >= 0.6 is 11.6 Å². The van der Waals surface area contributed by atoms with E-state index >= 15 is 0 Å². The fourth-order valence-electron chi connectivity index (χ4n) is 3.84. The molecule has 138 valence electrons. The Morgan fingerprint density at radius 2 is 1.89 bits per heavy atom. The van der Waals surface area contributed by atoms with Gasteiger partial charge < -0.3 is 4.57 Å². The minimum Gasteiger partial charge on any atom is -0.344 e. The average molecular weight is 380 g/mol. The Hall–Kier alpha value is -2.59. The fourth-order valence-corrected chi connectivity index (χ4v) is 3.97. The summed E-state index contributed by atoms with van der Waals surface area (Å²) in [6.45, 7) is 0.679. The standard InChI is InChI=1S/C22H22ClN3O/c23-17-11-9-16(10-12-17)15-24-25-22(27)13-14-26-20-7-3-1-5-18(20)19-6-2-4-8-21(19)26/h1,3,5,7,9-12,15H,2,4,6,8,13-14H2,(H,25,27)/b24-15-. The molecule has 5 heteroatoms. The minimum absolute atomic E-state index is 0.0810. The molecule has 0 radical (unpaired) electrons. The number of fused-ring (bicyclic) bond motifs is 3. The Kier molecular flexibility index (Phi) is 5.26. The predicted octanol–water partition coefficient (Wildman–Crippen LogP) is 4.71. The highest BCUT2D eigenvalue weighted by Crippen LogP contribution is 2.32. The maximum Gasteiger partial charge on any atom is 0.241 e. The van der Waals surface area contributed by atoms with Gasteiger partial charge in [0.2, 0.25) is 5.91 Å². The molecule has 4 rings (SSSR count). The molecule has 0 atom stereocenters. The van der Waals surface area contributed by atoms with Crippen molar-refractivity contribution >= 4 is 34.6 Å². The number of hydrazone groups is 1. The van der Waals surface area contributed by atoms with Crippen LogP contribution in [0.2, 0.25) is 5.02 Å². The number of nitrogens with one attached hydrogen (secondary N) is 1. The van der Waals surface area contributed by atoms with Gasteiger partial charge in [-0.3, -0.25) is 4.79 Å². The van der Waals surface area contributed by atoms with Gasteiger partial charge in [0.05, 0.1) is 6.21 Å². The van der Waals surface area contributed by atoms with Gasteiger partial charge in [-0.25, -0.2) is 5.43 Å². The maximum absolute atomic E-state index is 12.2. The molecule has 1 amide bonds. The van der Waals surface area contributed by atoms with Gasteiger partial charge in [-0.15, -0.1) is 0 Å². The van der Waals surface area contributed by atoms with Crippen LogP contribution in [0.15, 0.2) is 53.6 Å². The molecule has 1 N–H and O–H groups in total. The Bertz CT molecular complexity index is 989. The smallest absolute Gasteiger partial charge is 0.241 e. The number of aryl methyl sites for hydroxylation is 2. The van der Waals surface area contributed by atoms with E-state index in [1.54, 1.807) is 18.3 Å². The summed E-state index contributed by atoms with van der Waals surface area (Å²) in [4.78, 5) is 12.2. The summed E-state index contributed by atoms with van der Waals surface area (Å²) >= 11 is 5.86. The van der Waals surface area contributed by atoms with Crippen LogP contribution in [0.5, 0.6) is 0 Å². The maximum atomic E-state index is 12.2.